The average Bonchev–Trinajstić information content (AvgIpc) is 1.88. The van der Waals surface area contributed by atoms with E-state index < -0.39 is 5.09 Å². The maximum Gasteiger partial charge on any atom is 1.00 e. The topological polar surface area (TPSA) is 52.4 Å². The van der Waals surface area contributed by atoms with Gasteiger partial charge >= 0.3 is 29.6 Å². The molecule has 54 valence electrons. The molecule has 0 amide bonds. The molecule has 0 atom stereocenters. The summed E-state index contributed by atoms with van der Waals surface area (Å²) in [6.45, 7) is 0. The maximum atomic E-state index is 9.75. The van der Waals surface area contributed by atoms with Crippen LogP contribution in [-0.4, -0.2) is 5.09 Å². The largest absolute Gasteiger partial charge is 1.00 e. The Morgan fingerprint density at radius 3 is 2.36 bits per heavy atom. The van der Waals surface area contributed by atoms with Crippen molar-refractivity contribution in [2.75, 3.05) is 0 Å². The second-order valence-electron chi connectivity index (χ2n) is 1.63. The molecule has 1 aromatic rings. The van der Waals surface area contributed by atoms with Crippen molar-refractivity contribution in [3.63, 3.8) is 0 Å². The van der Waals surface area contributed by atoms with Gasteiger partial charge in [0.1, 0.15) is 5.75 Å². The quantitative estimate of drug-likeness (QED) is 0.299. The van der Waals surface area contributed by atoms with Crippen LogP contribution in [0.2, 0.25) is 0 Å². The van der Waals surface area contributed by atoms with Crippen LogP contribution in [0.15, 0.2) is 30.3 Å². The summed E-state index contributed by atoms with van der Waals surface area (Å²) < 4.78 is 0. The molecule has 0 aliphatic heterocycles. The molecule has 0 bridgehead atoms. The van der Waals surface area contributed by atoms with E-state index in [1.165, 1.54) is 12.1 Å². The molecule has 0 aliphatic rings. The van der Waals surface area contributed by atoms with Crippen molar-refractivity contribution in [1.82, 2.24) is 0 Å². The normalized spacial score (nSPS) is 8.00. The zero-order chi connectivity index (χ0) is 7.40. The summed E-state index contributed by atoms with van der Waals surface area (Å²) in [5, 5.41) is 8.91. The second-order valence-corrected chi connectivity index (χ2v) is 1.63. The van der Waals surface area contributed by atoms with E-state index in [1.54, 1.807) is 18.2 Å². The van der Waals surface area contributed by atoms with Gasteiger partial charge in [-0.2, -0.15) is 0 Å². The molecule has 0 heterocycles. The molecule has 0 aliphatic carbocycles. The van der Waals surface area contributed by atoms with Crippen molar-refractivity contribution in [3.8, 4) is 5.75 Å². The van der Waals surface area contributed by atoms with Crippen molar-refractivity contribution in [1.29, 1.82) is 0 Å². The van der Waals surface area contributed by atoms with Gasteiger partial charge in [0.25, 0.3) is 5.09 Å². The summed E-state index contributed by atoms with van der Waals surface area (Å²) in [4.78, 5) is 13.9. The summed E-state index contributed by atoms with van der Waals surface area (Å²) in [6.07, 6.45) is 0. The molecule has 1 rings (SSSR count). The first-order chi connectivity index (χ1) is 4.79. The molecule has 0 N–H and O–H groups in total. The Balaban J connectivity index is 0. The Hall–Kier alpha value is -0.580. The number of nitrogens with zero attached hydrogens (tertiary/aromatic N) is 1. The van der Waals surface area contributed by atoms with Gasteiger partial charge in [0.2, 0.25) is 0 Å². The van der Waals surface area contributed by atoms with Crippen molar-refractivity contribution in [2.24, 2.45) is 0 Å². The zero-order valence-electron chi connectivity index (χ0n) is 7.06. The van der Waals surface area contributed by atoms with Gasteiger partial charge in [0, 0.05) is 0 Å². The minimum atomic E-state index is -0.838. The van der Waals surface area contributed by atoms with Gasteiger partial charge in [0.05, 0.1) is 0 Å². The molecule has 5 heteroatoms. The third-order valence-electron chi connectivity index (χ3n) is 0.923. The SMILES string of the molecule is O=[N+]([O-])Oc1ccccc1.[H-].[Na+]. The minimum absolute atomic E-state index is 0. The summed E-state index contributed by atoms with van der Waals surface area (Å²) in [7, 11) is 0. The minimum Gasteiger partial charge on any atom is -1.00 e. The van der Waals surface area contributed by atoms with Crippen LogP contribution in [0.1, 0.15) is 1.43 Å². The number of para-hydroxylation sites is 1. The van der Waals surface area contributed by atoms with Crippen molar-refractivity contribution in [2.45, 2.75) is 0 Å². The smallest absolute Gasteiger partial charge is 1.00 e. The molecule has 0 aromatic heterocycles. The van der Waals surface area contributed by atoms with E-state index >= 15 is 0 Å². The standard InChI is InChI=1S/C6H5NO3.Na.H/c8-7(9)10-6-4-2-1-3-5-6;;/h1-5H;;/q;+1;-1. The fourth-order valence-electron chi connectivity index (χ4n) is 0.567. The molecule has 0 spiro atoms. The van der Waals surface area contributed by atoms with Gasteiger partial charge in [-0.05, 0) is 12.1 Å². The van der Waals surface area contributed by atoms with E-state index in [0.717, 1.165) is 0 Å². The predicted molar refractivity (Wildman–Crippen MR) is 35.2 cm³/mol. The fourth-order valence-corrected chi connectivity index (χ4v) is 0.567. The van der Waals surface area contributed by atoms with E-state index in [9.17, 15) is 10.1 Å². The molecular weight excluding hydrogens is 157 g/mol. The second kappa shape index (κ2) is 5.12. The van der Waals surface area contributed by atoms with Crippen LogP contribution < -0.4 is 34.4 Å². The van der Waals surface area contributed by atoms with E-state index in [2.05, 4.69) is 4.84 Å². The first-order valence-electron chi connectivity index (χ1n) is 2.66. The number of rotatable bonds is 2. The monoisotopic (exact) mass is 163 g/mol. The Bertz CT molecular complexity index is 231. The van der Waals surface area contributed by atoms with Crippen LogP contribution in [-0.2, 0) is 0 Å². The third-order valence-corrected chi connectivity index (χ3v) is 0.923. The van der Waals surface area contributed by atoms with E-state index in [4.69, 9.17) is 0 Å². The van der Waals surface area contributed by atoms with Gasteiger partial charge in [0.15, 0.2) is 0 Å². The third kappa shape index (κ3) is 3.98. The molecule has 0 saturated heterocycles. The molecular formula is C6H6NNaO3. The summed E-state index contributed by atoms with van der Waals surface area (Å²) >= 11 is 0. The van der Waals surface area contributed by atoms with E-state index in [1.807, 2.05) is 0 Å². The van der Waals surface area contributed by atoms with Gasteiger partial charge < -0.3 is 1.43 Å². The maximum absolute atomic E-state index is 9.75. The van der Waals surface area contributed by atoms with Crippen LogP contribution in [0, 0.1) is 10.1 Å². The van der Waals surface area contributed by atoms with Crippen molar-refractivity contribution < 1.29 is 40.9 Å². The van der Waals surface area contributed by atoms with Crippen LogP contribution in [0.4, 0.5) is 0 Å². The fraction of sp³-hybridized carbons (Fsp3) is 0. The Morgan fingerprint density at radius 1 is 1.36 bits per heavy atom. The Morgan fingerprint density at radius 2 is 1.91 bits per heavy atom. The predicted octanol–water partition coefficient (Wildman–Crippen LogP) is -1.63. The van der Waals surface area contributed by atoms with Crippen molar-refractivity contribution >= 4 is 0 Å². The molecule has 0 saturated carbocycles. The molecule has 11 heavy (non-hydrogen) atoms. The first-order valence-corrected chi connectivity index (χ1v) is 2.66. The molecule has 0 radical (unpaired) electrons. The van der Waals surface area contributed by atoms with Gasteiger partial charge in [-0.3, -0.25) is 4.84 Å². The zero-order valence-corrected chi connectivity index (χ0v) is 8.06. The number of hydrogen-bond acceptors (Lipinski definition) is 3. The molecule has 1 aromatic carbocycles. The summed E-state index contributed by atoms with van der Waals surface area (Å²) in [5.74, 6) is 0.243. The van der Waals surface area contributed by atoms with Gasteiger partial charge in [-0.1, -0.05) is 18.2 Å². The van der Waals surface area contributed by atoms with Gasteiger partial charge in [-0.15, -0.1) is 10.1 Å². The Kier molecular flexibility index (Phi) is 4.85. The van der Waals surface area contributed by atoms with Crippen LogP contribution in [0.25, 0.3) is 0 Å². The summed E-state index contributed by atoms with van der Waals surface area (Å²) in [5.41, 5.74) is 0. The molecule has 0 fully saturated rings. The van der Waals surface area contributed by atoms with E-state index in [0.29, 0.717) is 0 Å². The molecule has 0 unspecified atom stereocenters. The molecule has 4 nitrogen and oxygen atoms in total. The first kappa shape index (κ1) is 10.4. The summed E-state index contributed by atoms with van der Waals surface area (Å²) in [6, 6.07) is 8.12. The Labute approximate surface area is 87.1 Å². The van der Waals surface area contributed by atoms with Crippen LogP contribution in [0.3, 0.4) is 0 Å². The van der Waals surface area contributed by atoms with Gasteiger partial charge in [-0.25, -0.2) is 0 Å². The van der Waals surface area contributed by atoms with Crippen molar-refractivity contribution in [3.05, 3.63) is 40.4 Å². The number of benzene rings is 1. The van der Waals surface area contributed by atoms with Crippen LogP contribution in [0.5, 0.6) is 5.75 Å². The number of hydrogen-bond donors (Lipinski definition) is 0. The average molecular weight is 163 g/mol. The van der Waals surface area contributed by atoms with Crippen LogP contribution >= 0.6 is 0 Å². The van der Waals surface area contributed by atoms with E-state index in [-0.39, 0.29) is 36.7 Å².